The SMILES string of the molecule is CCCCCCC[C@H]1CC[C@H](c2ncc(CCC)c(F)n2)CC1. The van der Waals surface area contributed by atoms with Gasteiger partial charge in [-0.3, -0.25) is 0 Å². The van der Waals surface area contributed by atoms with Crippen molar-refractivity contribution in [2.45, 2.75) is 96.8 Å². The summed E-state index contributed by atoms with van der Waals surface area (Å²) in [5.41, 5.74) is 0.664. The molecule has 1 saturated carbocycles. The molecule has 1 fully saturated rings. The second-order valence-electron chi connectivity index (χ2n) is 7.21. The van der Waals surface area contributed by atoms with E-state index >= 15 is 0 Å². The second-order valence-corrected chi connectivity index (χ2v) is 7.21. The van der Waals surface area contributed by atoms with Crippen LogP contribution in [0, 0.1) is 11.9 Å². The van der Waals surface area contributed by atoms with E-state index in [1.807, 2.05) is 0 Å². The fourth-order valence-corrected chi connectivity index (χ4v) is 3.78. The maximum absolute atomic E-state index is 14.0. The summed E-state index contributed by atoms with van der Waals surface area (Å²) in [4.78, 5) is 8.61. The molecule has 1 heterocycles. The van der Waals surface area contributed by atoms with Crippen molar-refractivity contribution in [3.63, 3.8) is 0 Å². The lowest BCUT2D eigenvalue weighted by Gasteiger charge is -2.27. The van der Waals surface area contributed by atoms with Crippen LogP contribution in [0.4, 0.5) is 4.39 Å². The number of nitrogens with zero attached hydrogens (tertiary/aromatic N) is 2. The molecule has 0 atom stereocenters. The van der Waals surface area contributed by atoms with Crippen molar-refractivity contribution in [2.24, 2.45) is 5.92 Å². The van der Waals surface area contributed by atoms with Crippen LogP contribution in [0.25, 0.3) is 0 Å². The molecular formula is C20H33FN2. The fraction of sp³-hybridized carbons (Fsp3) is 0.800. The summed E-state index contributed by atoms with van der Waals surface area (Å²) in [7, 11) is 0. The van der Waals surface area contributed by atoms with Gasteiger partial charge >= 0.3 is 0 Å². The summed E-state index contributed by atoms with van der Waals surface area (Å²) in [6.45, 7) is 4.32. The van der Waals surface area contributed by atoms with Gasteiger partial charge in [0, 0.05) is 17.7 Å². The third-order valence-electron chi connectivity index (χ3n) is 5.28. The molecule has 1 aromatic heterocycles. The van der Waals surface area contributed by atoms with Gasteiger partial charge in [0.2, 0.25) is 5.95 Å². The number of halogens is 1. The number of rotatable bonds is 9. The summed E-state index contributed by atoms with van der Waals surface area (Å²) >= 11 is 0. The van der Waals surface area contributed by atoms with Crippen molar-refractivity contribution in [3.8, 4) is 0 Å². The lowest BCUT2D eigenvalue weighted by molar-refractivity contribution is 0.294. The van der Waals surface area contributed by atoms with Gasteiger partial charge in [-0.1, -0.05) is 58.8 Å². The van der Waals surface area contributed by atoms with Gasteiger partial charge in [-0.2, -0.15) is 4.39 Å². The molecule has 0 aromatic carbocycles. The highest BCUT2D eigenvalue weighted by Gasteiger charge is 2.24. The summed E-state index contributed by atoms with van der Waals surface area (Å²) in [5, 5.41) is 0. The van der Waals surface area contributed by atoms with E-state index in [2.05, 4.69) is 23.8 Å². The lowest BCUT2D eigenvalue weighted by Crippen LogP contribution is -2.16. The van der Waals surface area contributed by atoms with Gasteiger partial charge in [0.15, 0.2) is 0 Å². The molecule has 0 spiro atoms. The Labute approximate surface area is 141 Å². The Bertz CT molecular complexity index is 453. The van der Waals surface area contributed by atoms with E-state index in [1.165, 1.54) is 51.4 Å². The van der Waals surface area contributed by atoms with Crippen molar-refractivity contribution in [2.75, 3.05) is 0 Å². The summed E-state index contributed by atoms with van der Waals surface area (Å²) in [6, 6.07) is 0. The van der Waals surface area contributed by atoms with E-state index in [-0.39, 0.29) is 5.95 Å². The molecule has 0 aliphatic heterocycles. The van der Waals surface area contributed by atoms with Crippen LogP contribution in [-0.4, -0.2) is 9.97 Å². The molecule has 1 aromatic rings. The molecule has 2 nitrogen and oxygen atoms in total. The van der Waals surface area contributed by atoms with Gasteiger partial charge in [0.05, 0.1) is 0 Å². The van der Waals surface area contributed by atoms with E-state index in [0.29, 0.717) is 11.5 Å². The van der Waals surface area contributed by atoms with Gasteiger partial charge in [-0.25, -0.2) is 9.97 Å². The Morgan fingerprint density at radius 2 is 1.74 bits per heavy atom. The third-order valence-corrected chi connectivity index (χ3v) is 5.28. The lowest BCUT2D eigenvalue weighted by atomic mass is 9.79. The molecular weight excluding hydrogens is 287 g/mol. The molecule has 23 heavy (non-hydrogen) atoms. The zero-order chi connectivity index (χ0) is 16.5. The standard InChI is InChI=1S/C20H33FN2/c1-3-5-6-7-8-10-16-11-13-17(14-12-16)20-22-15-18(9-4-2)19(21)23-20/h15-17H,3-14H2,1-2H3/t16-,17-. The normalized spacial score (nSPS) is 21.5. The minimum Gasteiger partial charge on any atom is -0.241 e. The molecule has 0 unspecified atom stereocenters. The predicted molar refractivity (Wildman–Crippen MR) is 94.1 cm³/mol. The van der Waals surface area contributed by atoms with E-state index < -0.39 is 0 Å². The highest BCUT2D eigenvalue weighted by molar-refractivity contribution is 5.10. The summed E-state index contributed by atoms with van der Waals surface area (Å²) in [5.74, 6) is 1.69. The number of unbranched alkanes of at least 4 members (excludes halogenated alkanes) is 4. The minimum absolute atomic E-state index is 0.296. The Balaban J connectivity index is 1.74. The van der Waals surface area contributed by atoms with Gasteiger partial charge in [-0.05, 0) is 38.0 Å². The molecule has 130 valence electrons. The van der Waals surface area contributed by atoms with Gasteiger partial charge in [0.1, 0.15) is 5.82 Å². The van der Waals surface area contributed by atoms with Crippen molar-refractivity contribution in [3.05, 3.63) is 23.5 Å². The predicted octanol–water partition coefficient (Wildman–Crippen LogP) is 6.20. The zero-order valence-corrected chi connectivity index (χ0v) is 15.0. The van der Waals surface area contributed by atoms with Crippen LogP contribution in [0.5, 0.6) is 0 Å². The van der Waals surface area contributed by atoms with Gasteiger partial charge in [0.25, 0.3) is 0 Å². The van der Waals surface area contributed by atoms with Crippen molar-refractivity contribution >= 4 is 0 Å². The van der Waals surface area contributed by atoms with Crippen LogP contribution in [-0.2, 0) is 6.42 Å². The smallest absolute Gasteiger partial charge is 0.219 e. The van der Waals surface area contributed by atoms with Gasteiger partial charge < -0.3 is 0 Å². The van der Waals surface area contributed by atoms with Crippen molar-refractivity contribution in [1.82, 2.24) is 9.97 Å². The Hall–Kier alpha value is -0.990. The van der Waals surface area contributed by atoms with Crippen molar-refractivity contribution in [1.29, 1.82) is 0 Å². The Kier molecular flexibility index (Phi) is 7.98. The minimum atomic E-state index is -0.296. The first kappa shape index (κ1) is 18.4. The largest absolute Gasteiger partial charge is 0.241 e. The van der Waals surface area contributed by atoms with Crippen LogP contribution < -0.4 is 0 Å². The van der Waals surface area contributed by atoms with Gasteiger partial charge in [-0.15, -0.1) is 0 Å². The highest BCUT2D eigenvalue weighted by atomic mass is 19.1. The van der Waals surface area contributed by atoms with E-state index in [0.717, 1.165) is 37.4 Å². The maximum atomic E-state index is 14.0. The van der Waals surface area contributed by atoms with Crippen LogP contribution >= 0.6 is 0 Å². The topological polar surface area (TPSA) is 25.8 Å². The highest BCUT2D eigenvalue weighted by Crippen LogP contribution is 2.36. The Morgan fingerprint density at radius 1 is 1.00 bits per heavy atom. The molecule has 2 rings (SSSR count). The molecule has 0 amide bonds. The number of aryl methyl sites for hydroxylation is 1. The van der Waals surface area contributed by atoms with Crippen LogP contribution in [0.2, 0.25) is 0 Å². The molecule has 1 aliphatic carbocycles. The number of aromatic nitrogens is 2. The number of hydrogen-bond acceptors (Lipinski definition) is 2. The number of hydrogen-bond donors (Lipinski definition) is 0. The second kappa shape index (κ2) is 10.00. The zero-order valence-electron chi connectivity index (χ0n) is 15.0. The molecule has 0 N–H and O–H groups in total. The molecule has 3 heteroatoms. The average Bonchev–Trinajstić information content (AvgIpc) is 2.57. The van der Waals surface area contributed by atoms with E-state index in [9.17, 15) is 4.39 Å². The first-order valence-electron chi connectivity index (χ1n) is 9.75. The van der Waals surface area contributed by atoms with Crippen LogP contribution in [0.15, 0.2) is 6.20 Å². The first-order chi connectivity index (χ1) is 11.2. The van der Waals surface area contributed by atoms with E-state index in [1.54, 1.807) is 6.20 Å². The maximum Gasteiger partial charge on any atom is 0.219 e. The molecule has 1 aliphatic rings. The molecule has 0 bridgehead atoms. The van der Waals surface area contributed by atoms with Crippen LogP contribution in [0.3, 0.4) is 0 Å². The molecule has 0 radical (unpaired) electrons. The summed E-state index contributed by atoms with van der Waals surface area (Å²) < 4.78 is 14.0. The molecule has 0 saturated heterocycles. The average molecular weight is 320 g/mol. The first-order valence-corrected chi connectivity index (χ1v) is 9.75. The monoisotopic (exact) mass is 320 g/mol. The van der Waals surface area contributed by atoms with E-state index in [4.69, 9.17) is 0 Å². The summed E-state index contributed by atoms with van der Waals surface area (Å²) in [6.07, 6.45) is 16.4. The van der Waals surface area contributed by atoms with Crippen molar-refractivity contribution < 1.29 is 4.39 Å². The fourth-order valence-electron chi connectivity index (χ4n) is 3.78. The Morgan fingerprint density at radius 3 is 2.39 bits per heavy atom. The third kappa shape index (κ3) is 5.86. The quantitative estimate of drug-likeness (QED) is 0.400. The van der Waals surface area contributed by atoms with Crippen LogP contribution in [0.1, 0.15) is 102 Å².